The second-order valence-corrected chi connectivity index (χ2v) is 4.35. The molecule has 0 fully saturated rings. The van der Waals surface area contributed by atoms with E-state index in [2.05, 4.69) is 0 Å². The van der Waals surface area contributed by atoms with Crippen molar-refractivity contribution >= 4 is 23.6 Å². The van der Waals surface area contributed by atoms with E-state index in [0.717, 1.165) is 9.80 Å². The molecule has 0 rings (SSSR count). The van der Waals surface area contributed by atoms with Gasteiger partial charge in [0.1, 0.15) is 0 Å². The van der Waals surface area contributed by atoms with Crippen LogP contribution in [0.25, 0.3) is 0 Å². The highest BCUT2D eigenvalue weighted by Gasteiger charge is 2.22. The predicted octanol–water partition coefficient (Wildman–Crippen LogP) is 0.555. The molecule has 6 nitrogen and oxygen atoms in total. The van der Waals surface area contributed by atoms with Gasteiger partial charge in [0.2, 0.25) is 23.6 Å². The van der Waals surface area contributed by atoms with Crippen molar-refractivity contribution in [3.05, 3.63) is 0 Å². The van der Waals surface area contributed by atoms with Crippen molar-refractivity contribution < 1.29 is 19.2 Å². The Balaban J connectivity index is 4.46. The van der Waals surface area contributed by atoms with Crippen molar-refractivity contribution in [2.75, 3.05) is 7.05 Å². The maximum absolute atomic E-state index is 11.8. The molecule has 0 aliphatic rings. The molecule has 0 saturated heterocycles. The first kappa shape index (κ1) is 16.3. The highest BCUT2D eigenvalue weighted by atomic mass is 16.2. The molecule has 0 unspecified atom stereocenters. The first-order valence-electron chi connectivity index (χ1n) is 5.78. The first-order valence-corrected chi connectivity index (χ1v) is 5.78. The molecular formula is C12H20N2O4. The van der Waals surface area contributed by atoms with Gasteiger partial charge in [-0.25, -0.2) is 0 Å². The van der Waals surface area contributed by atoms with E-state index < -0.39 is 11.8 Å². The number of hydrogen-bond donors (Lipinski definition) is 0. The summed E-state index contributed by atoms with van der Waals surface area (Å²) in [5, 5.41) is 0. The fourth-order valence-electron chi connectivity index (χ4n) is 1.50. The van der Waals surface area contributed by atoms with Crippen molar-refractivity contribution in [1.82, 2.24) is 9.80 Å². The lowest BCUT2D eigenvalue weighted by Crippen LogP contribution is -2.41. The Bertz CT molecular complexity index is 363. The molecule has 4 amide bonds. The zero-order valence-corrected chi connectivity index (χ0v) is 11.5. The van der Waals surface area contributed by atoms with Gasteiger partial charge in [-0.05, 0) is 13.8 Å². The van der Waals surface area contributed by atoms with Crippen LogP contribution in [0.3, 0.4) is 0 Å². The Morgan fingerprint density at radius 2 is 1.33 bits per heavy atom. The lowest BCUT2D eigenvalue weighted by Gasteiger charge is -2.23. The molecule has 0 bridgehead atoms. The van der Waals surface area contributed by atoms with E-state index in [1.54, 1.807) is 13.8 Å². The molecule has 0 heterocycles. The van der Waals surface area contributed by atoms with Crippen LogP contribution in [0, 0.1) is 0 Å². The summed E-state index contributed by atoms with van der Waals surface area (Å²) in [5.41, 5.74) is 0. The topological polar surface area (TPSA) is 74.8 Å². The quantitative estimate of drug-likeness (QED) is 0.736. The minimum Gasteiger partial charge on any atom is -0.286 e. The fourth-order valence-corrected chi connectivity index (χ4v) is 1.50. The van der Waals surface area contributed by atoms with Crippen LogP contribution in [0.4, 0.5) is 0 Å². The van der Waals surface area contributed by atoms with Crippen LogP contribution in [-0.2, 0) is 19.2 Å². The number of carbonyl (C=O) groups is 4. The summed E-state index contributed by atoms with van der Waals surface area (Å²) >= 11 is 0. The van der Waals surface area contributed by atoms with Gasteiger partial charge in [-0.15, -0.1) is 0 Å². The van der Waals surface area contributed by atoms with Crippen molar-refractivity contribution in [3.63, 3.8) is 0 Å². The first-order chi connectivity index (χ1) is 8.18. The SMILES string of the molecule is CC(=O)N(C)C(=O)CCC(=O)N(C(C)=O)C(C)C. The Morgan fingerprint density at radius 1 is 0.889 bits per heavy atom. The Morgan fingerprint density at radius 3 is 1.67 bits per heavy atom. The number of amides is 4. The molecule has 0 aromatic carbocycles. The molecule has 0 aromatic rings. The molecule has 0 radical (unpaired) electrons. The van der Waals surface area contributed by atoms with Crippen LogP contribution in [0.15, 0.2) is 0 Å². The van der Waals surface area contributed by atoms with Gasteiger partial charge in [0.05, 0.1) is 0 Å². The summed E-state index contributed by atoms with van der Waals surface area (Å²) in [6.07, 6.45) is -0.153. The highest BCUT2D eigenvalue weighted by molar-refractivity contribution is 5.98. The Hall–Kier alpha value is -1.72. The van der Waals surface area contributed by atoms with E-state index in [1.807, 2.05) is 0 Å². The van der Waals surface area contributed by atoms with Gasteiger partial charge in [0.25, 0.3) is 0 Å². The summed E-state index contributed by atoms with van der Waals surface area (Å²) in [5.74, 6) is -1.55. The summed E-state index contributed by atoms with van der Waals surface area (Å²) in [7, 11) is 1.36. The summed E-state index contributed by atoms with van der Waals surface area (Å²) < 4.78 is 0. The van der Waals surface area contributed by atoms with Crippen molar-refractivity contribution in [2.24, 2.45) is 0 Å². The summed E-state index contributed by atoms with van der Waals surface area (Å²) in [4.78, 5) is 47.5. The van der Waals surface area contributed by atoms with Crippen molar-refractivity contribution in [1.29, 1.82) is 0 Å². The number of hydrogen-bond acceptors (Lipinski definition) is 4. The molecule has 18 heavy (non-hydrogen) atoms. The van der Waals surface area contributed by atoms with Crippen LogP contribution >= 0.6 is 0 Å². The minimum atomic E-state index is -0.428. The van der Waals surface area contributed by atoms with Crippen LogP contribution < -0.4 is 0 Å². The third kappa shape index (κ3) is 4.65. The van der Waals surface area contributed by atoms with E-state index >= 15 is 0 Å². The van der Waals surface area contributed by atoms with Crippen LogP contribution in [-0.4, -0.2) is 46.5 Å². The van der Waals surface area contributed by atoms with Crippen LogP contribution in [0.5, 0.6) is 0 Å². The van der Waals surface area contributed by atoms with E-state index in [9.17, 15) is 19.2 Å². The molecule has 0 spiro atoms. The van der Waals surface area contributed by atoms with E-state index in [0.29, 0.717) is 0 Å². The Labute approximate surface area is 107 Å². The second-order valence-electron chi connectivity index (χ2n) is 4.35. The van der Waals surface area contributed by atoms with Gasteiger partial charge in [0, 0.05) is 39.8 Å². The average molecular weight is 256 g/mol. The maximum Gasteiger partial charge on any atom is 0.229 e. The van der Waals surface area contributed by atoms with E-state index in [1.165, 1.54) is 20.9 Å². The lowest BCUT2D eigenvalue weighted by molar-refractivity contribution is -0.149. The monoisotopic (exact) mass is 256 g/mol. The maximum atomic E-state index is 11.8. The molecule has 0 aliphatic carbocycles. The molecule has 0 N–H and O–H groups in total. The number of rotatable bonds is 4. The third-order valence-corrected chi connectivity index (χ3v) is 2.52. The molecule has 0 aromatic heterocycles. The summed E-state index contributed by atoms with van der Waals surface area (Å²) in [6.45, 7) is 6.03. The van der Waals surface area contributed by atoms with E-state index in [4.69, 9.17) is 0 Å². The fraction of sp³-hybridized carbons (Fsp3) is 0.667. The minimum absolute atomic E-state index is 0.0752. The van der Waals surface area contributed by atoms with Crippen LogP contribution in [0.1, 0.15) is 40.5 Å². The molecule has 102 valence electrons. The third-order valence-electron chi connectivity index (χ3n) is 2.52. The largest absolute Gasteiger partial charge is 0.286 e. The molecule has 0 aliphatic heterocycles. The number of nitrogens with zero attached hydrogens (tertiary/aromatic N) is 2. The standard InChI is InChI=1S/C12H20N2O4/c1-8(2)14(10(4)16)12(18)7-6-11(17)13(5)9(3)15/h8H,6-7H2,1-5H3. The van der Waals surface area contributed by atoms with Crippen molar-refractivity contribution in [2.45, 2.75) is 46.6 Å². The molecular weight excluding hydrogens is 236 g/mol. The molecule has 6 heteroatoms. The zero-order valence-electron chi connectivity index (χ0n) is 11.5. The van der Waals surface area contributed by atoms with Gasteiger partial charge in [-0.2, -0.15) is 0 Å². The number of imide groups is 2. The Kier molecular flexibility index (Phi) is 6.22. The lowest BCUT2D eigenvalue weighted by atomic mass is 10.2. The normalized spacial score (nSPS) is 10.1. The molecule has 0 atom stereocenters. The smallest absolute Gasteiger partial charge is 0.229 e. The second kappa shape index (κ2) is 6.88. The van der Waals surface area contributed by atoms with Gasteiger partial charge >= 0.3 is 0 Å². The van der Waals surface area contributed by atoms with Crippen molar-refractivity contribution in [3.8, 4) is 0 Å². The van der Waals surface area contributed by atoms with Gasteiger partial charge in [-0.3, -0.25) is 29.0 Å². The summed E-state index contributed by atoms with van der Waals surface area (Å²) in [6, 6.07) is -0.240. The van der Waals surface area contributed by atoms with Crippen LogP contribution in [0.2, 0.25) is 0 Å². The van der Waals surface area contributed by atoms with Gasteiger partial charge < -0.3 is 0 Å². The average Bonchev–Trinajstić information content (AvgIpc) is 2.23. The zero-order chi connectivity index (χ0) is 14.5. The molecule has 0 saturated carbocycles. The van der Waals surface area contributed by atoms with Gasteiger partial charge in [0.15, 0.2) is 0 Å². The van der Waals surface area contributed by atoms with E-state index in [-0.39, 0.29) is 30.7 Å². The highest BCUT2D eigenvalue weighted by Crippen LogP contribution is 2.06. The number of carbonyl (C=O) groups excluding carboxylic acids is 4. The van der Waals surface area contributed by atoms with Gasteiger partial charge in [-0.1, -0.05) is 0 Å². The predicted molar refractivity (Wildman–Crippen MR) is 65.3 cm³/mol.